The molecule has 1 rings (SSSR count). The zero-order valence-electron chi connectivity index (χ0n) is 6.13. The highest BCUT2D eigenvalue weighted by Gasteiger charge is 2.33. The first-order valence-corrected chi connectivity index (χ1v) is 3.15. The molecule has 3 nitrogen and oxygen atoms in total. The molecule has 0 saturated heterocycles. The minimum atomic E-state index is -4.70. The van der Waals surface area contributed by atoms with Crippen molar-refractivity contribution in [1.29, 1.82) is 0 Å². The van der Waals surface area contributed by atoms with Crippen molar-refractivity contribution < 1.29 is 23.1 Å². The van der Waals surface area contributed by atoms with E-state index in [0.717, 1.165) is 6.20 Å². The maximum atomic E-state index is 12.1. The number of carbonyl (C=O) groups is 1. The topological polar surface area (TPSA) is 53.0 Å². The quantitative estimate of drug-likeness (QED) is 0.646. The number of carboxylic acid groups (broad SMARTS) is 1. The summed E-state index contributed by atoms with van der Waals surface area (Å²) in [5, 5.41) is 10.2. The van der Waals surface area contributed by atoms with E-state index in [0.29, 0.717) is 12.3 Å². The first-order chi connectivity index (χ1) is 5.93. The summed E-state index contributed by atoms with van der Waals surface area (Å²) >= 11 is 0. The van der Waals surface area contributed by atoms with Gasteiger partial charge in [0.2, 0.25) is 0 Å². The van der Waals surface area contributed by atoms with E-state index in [4.69, 9.17) is 0 Å². The molecule has 13 heavy (non-hydrogen) atoms. The van der Waals surface area contributed by atoms with Crippen molar-refractivity contribution in [2.75, 3.05) is 0 Å². The molecule has 1 aromatic heterocycles. The zero-order valence-corrected chi connectivity index (χ0v) is 6.13. The Morgan fingerprint density at radius 3 is 2.46 bits per heavy atom. The number of hydrogen-bond donors (Lipinski definition) is 0. The molecule has 0 aliphatic heterocycles. The minimum absolute atomic E-state index is 0.588. The molecule has 6 heteroatoms. The van der Waals surface area contributed by atoms with Crippen LogP contribution in [0, 0.1) is 0 Å². The highest BCUT2D eigenvalue weighted by molar-refractivity contribution is 5.87. The molecule has 0 aliphatic carbocycles. The fraction of sp³-hybridized carbons (Fsp3) is 0.143. The van der Waals surface area contributed by atoms with Crippen LogP contribution >= 0.6 is 0 Å². The van der Waals surface area contributed by atoms with Gasteiger partial charge < -0.3 is 9.90 Å². The molecule has 0 saturated carbocycles. The zero-order chi connectivity index (χ0) is 10.1. The number of rotatable bonds is 1. The van der Waals surface area contributed by atoms with E-state index in [9.17, 15) is 23.1 Å². The molecule has 0 bridgehead atoms. The summed E-state index contributed by atoms with van der Waals surface area (Å²) in [5.74, 6) is -1.89. The molecule has 0 unspecified atom stereocenters. The summed E-state index contributed by atoms with van der Waals surface area (Å²) in [6.45, 7) is 0. The molecule has 0 fully saturated rings. The molecular weight excluding hydrogens is 187 g/mol. The Morgan fingerprint density at radius 2 is 2.08 bits per heavy atom. The number of aromatic nitrogens is 1. The van der Waals surface area contributed by atoms with Gasteiger partial charge in [-0.1, -0.05) is 0 Å². The second-order valence-corrected chi connectivity index (χ2v) is 2.21. The summed E-state index contributed by atoms with van der Waals surface area (Å²) < 4.78 is 36.3. The monoisotopic (exact) mass is 190 g/mol. The highest BCUT2D eigenvalue weighted by atomic mass is 19.4. The summed E-state index contributed by atoms with van der Waals surface area (Å²) in [7, 11) is 0. The molecule has 0 aromatic carbocycles. The van der Waals surface area contributed by atoms with Gasteiger partial charge in [-0.25, -0.2) is 0 Å². The third kappa shape index (κ3) is 1.95. The van der Waals surface area contributed by atoms with Crippen molar-refractivity contribution in [2.24, 2.45) is 0 Å². The van der Waals surface area contributed by atoms with Gasteiger partial charge in [-0.3, -0.25) is 4.98 Å². The average molecular weight is 190 g/mol. The average Bonchev–Trinajstić information content (AvgIpc) is 2.03. The maximum absolute atomic E-state index is 12.1. The Kier molecular flexibility index (Phi) is 2.22. The Bertz CT molecular complexity index is 335. The van der Waals surface area contributed by atoms with Gasteiger partial charge in [-0.15, -0.1) is 0 Å². The Hall–Kier alpha value is -1.59. The van der Waals surface area contributed by atoms with Crippen molar-refractivity contribution in [1.82, 2.24) is 4.98 Å². The predicted molar refractivity (Wildman–Crippen MR) is 33.6 cm³/mol. The largest absolute Gasteiger partial charge is 0.545 e. The van der Waals surface area contributed by atoms with Crippen molar-refractivity contribution in [3.8, 4) is 0 Å². The molecule has 0 atom stereocenters. The van der Waals surface area contributed by atoms with Crippen molar-refractivity contribution >= 4 is 5.97 Å². The first kappa shape index (κ1) is 9.50. The normalized spacial score (nSPS) is 11.3. The van der Waals surface area contributed by atoms with E-state index < -0.39 is 23.3 Å². The second-order valence-electron chi connectivity index (χ2n) is 2.21. The van der Waals surface area contributed by atoms with Gasteiger partial charge in [-0.05, 0) is 6.07 Å². The second kappa shape index (κ2) is 3.04. The van der Waals surface area contributed by atoms with Crippen LogP contribution in [0.15, 0.2) is 18.5 Å². The van der Waals surface area contributed by atoms with Gasteiger partial charge in [0.1, 0.15) is 0 Å². The van der Waals surface area contributed by atoms with E-state index in [2.05, 4.69) is 4.98 Å². The van der Waals surface area contributed by atoms with E-state index >= 15 is 0 Å². The molecule has 0 aliphatic rings. The molecule has 0 N–H and O–H groups in total. The van der Waals surface area contributed by atoms with Crippen molar-refractivity contribution in [2.45, 2.75) is 6.18 Å². The third-order valence-corrected chi connectivity index (χ3v) is 1.35. The van der Waals surface area contributed by atoms with Gasteiger partial charge in [0.05, 0.1) is 11.5 Å². The number of alkyl halides is 3. The molecule has 70 valence electrons. The van der Waals surface area contributed by atoms with Gasteiger partial charge in [0.25, 0.3) is 0 Å². The lowest BCUT2D eigenvalue weighted by atomic mass is 10.1. The van der Waals surface area contributed by atoms with Crippen LogP contribution in [0.2, 0.25) is 0 Å². The third-order valence-electron chi connectivity index (χ3n) is 1.35. The van der Waals surface area contributed by atoms with E-state index in [1.54, 1.807) is 0 Å². The molecule has 0 amide bonds. The number of carboxylic acids is 1. The Balaban J connectivity index is 3.28. The van der Waals surface area contributed by atoms with E-state index in [1.165, 1.54) is 0 Å². The van der Waals surface area contributed by atoms with Crippen LogP contribution in [0.4, 0.5) is 13.2 Å². The highest BCUT2D eigenvalue weighted by Crippen LogP contribution is 2.30. The van der Waals surface area contributed by atoms with Crippen molar-refractivity contribution in [3.05, 3.63) is 29.6 Å². The van der Waals surface area contributed by atoms with E-state index in [-0.39, 0.29) is 0 Å². The summed E-state index contributed by atoms with van der Waals surface area (Å²) in [4.78, 5) is 13.5. The molecule has 0 spiro atoms. The summed E-state index contributed by atoms with van der Waals surface area (Å²) in [5.41, 5.74) is -2.20. The molecule has 1 heterocycles. The maximum Gasteiger partial charge on any atom is 0.417 e. The lowest BCUT2D eigenvalue weighted by Crippen LogP contribution is -2.26. The minimum Gasteiger partial charge on any atom is -0.545 e. The van der Waals surface area contributed by atoms with Gasteiger partial charge in [-0.2, -0.15) is 13.2 Å². The van der Waals surface area contributed by atoms with Crippen LogP contribution in [-0.4, -0.2) is 11.0 Å². The Morgan fingerprint density at radius 1 is 1.46 bits per heavy atom. The van der Waals surface area contributed by atoms with Crippen LogP contribution in [0.3, 0.4) is 0 Å². The molecule has 0 radical (unpaired) electrons. The van der Waals surface area contributed by atoms with Gasteiger partial charge in [0, 0.05) is 18.0 Å². The fourth-order valence-corrected chi connectivity index (χ4v) is 0.804. The number of halogens is 3. The number of aromatic carboxylic acids is 1. The number of pyridine rings is 1. The SMILES string of the molecule is O=C([O-])c1cnccc1C(F)(F)F. The van der Waals surface area contributed by atoms with Crippen molar-refractivity contribution in [3.63, 3.8) is 0 Å². The number of nitrogens with zero attached hydrogens (tertiary/aromatic N) is 1. The standard InChI is InChI=1S/C7H4F3NO2/c8-7(9,10)5-1-2-11-3-4(5)6(12)13/h1-3H,(H,12,13)/p-1. The number of hydrogen-bond acceptors (Lipinski definition) is 3. The van der Waals surface area contributed by atoms with Gasteiger partial charge >= 0.3 is 6.18 Å². The smallest absolute Gasteiger partial charge is 0.417 e. The summed E-state index contributed by atoms with van der Waals surface area (Å²) in [6, 6.07) is 0.588. The number of carbonyl (C=O) groups excluding carboxylic acids is 1. The van der Waals surface area contributed by atoms with Crippen LogP contribution in [0.1, 0.15) is 15.9 Å². The van der Waals surface area contributed by atoms with E-state index in [1.807, 2.05) is 0 Å². The first-order valence-electron chi connectivity index (χ1n) is 3.15. The van der Waals surface area contributed by atoms with Gasteiger partial charge in [0.15, 0.2) is 0 Å². The fourth-order valence-electron chi connectivity index (χ4n) is 0.804. The predicted octanol–water partition coefficient (Wildman–Crippen LogP) is 0.464. The van der Waals surface area contributed by atoms with Crippen LogP contribution in [0.25, 0.3) is 0 Å². The van der Waals surface area contributed by atoms with Crippen LogP contribution < -0.4 is 5.11 Å². The molecule has 1 aromatic rings. The lowest BCUT2D eigenvalue weighted by Gasteiger charge is -2.11. The molecular formula is C7H3F3NO2-. The Labute approximate surface area is 70.8 Å². The van der Waals surface area contributed by atoms with Crippen LogP contribution in [-0.2, 0) is 6.18 Å². The van der Waals surface area contributed by atoms with Crippen LogP contribution in [0.5, 0.6) is 0 Å². The summed E-state index contributed by atoms with van der Waals surface area (Å²) in [6.07, 6.45) is -3.22. The lowest BCUT2D eigenvalue weighted by molar-refractivity contribution is -0.255.